The number of thioether (sulfide) groups is 1. The van der Waals surface area contributed by atoms with Crippen LogP contribution in [0.5, 0.6) is 0 Å². The molecule has 0 saturated heterocycles. The molecule has 1 aromatic heterocycles. The third kappa shape index (κ3) is 4.69. The Balaban J connectivity index is 1.59. The molecule has 0 aliphatic carbocycles. The Morgan fingerprint density at radius 3 is 2.70 bits per heavy atom. The highest BCUT2D eigenvalue weighted by atomic mass is 32.2. The molecule has 0 radical (unpaired) electrons. The van der Waals surface area contributed by atoms with E-state index in [-0.39, 0.29) is 5.91 Å². The quantitative estimate of drug-likeness (QED) is 0.469. The van der Waals surface area contributed by atoms with Gasteiger partial charge in [-0.3, -0.25) is 4.79 Å². The third-order valence-electron chi connectivity index (χ3n) is 4.42. The van der Waals surface area contributed by atoms with E-state index in [0.29, 0.717) is 12.5 Å². The highest BCUT2D eigenvalue weighted by Crippen LogP contribution is 2.19. The van der Waals surface area contributed by atoms with Crippen LogP contribution in [0.25, 0.3) is 10.8 Å². The number of fused-ring (bicyclic) bond motifs is 1. The number of amides is 1. The number of aromatic nitrogens is 3. The summed E-state index contributed by atoms with van der Waals surface area (Å²) in [6.45, 7) is 5.92. The van der Waals surface area contributed by atoms with Crippen molar-refractivity contribution in [3.63, 3.8) is 0 Å². The molecule has 3 rings (SSSR count). The average Bonchev–Trinajstić information content (AvgIpc) is 3.05. The van der Waals surface area contributed by atoms with Gasteiger partial charge in [0.15, 0.2) is 5.16 Å². The van der Waals surface area contributed by atoms with Crippen molar-refractivity contribution in [1.82, 2.24) is 20.1 Å². The molecule has 0 spiro atoms. The molecule has 6 heteroatoms. The van der Waals surface area contributed by atoms with E-state index >= 15 is 0 Å². The van der Waals surface area contributed by atoms with Crippen LogP contribution in [0.2, 0.25) is 0 Å². The lowest BCUT2D eigenvalue weighted by Gasteiger charge is -2.12. The van der Waals surface area contributed by atoms with Gasteiger partial charge in [-0.1, -0.05) is 62.0 Å². The maximum atomic E-state index is 12.6. The van der Waals surface area contributed by atoms with Crippen LogP contribution in [0.4, 0.5) is 0 Å². The molecule has 1 N–H and O–H groups in total. The number of carbonyl (C=O) groups excluding carboxylic acids is 1. The zero-order valence-corrected chi connectivity index (χ0v) is 16.9. The Labute approximate surface area is 164 Å². The topological polar surface area (TPSA) is 59.8 Å². The summed E-state index contributed by atoms with van der Waals surface area (Å²) in [5.41, 5.74) is 0.723. The van der Waals surface area contributed by atoms with Crippen LogP contribution in [0, 0.1) is 5.92 Å². The summed E-state index contributed by atoms with van der Waals surface area (Å²) >= 11 is 1.62. The van der Waals surface area contributed by atoms with Crippen molar-refractivity contribution in [1.29, 1.82) is 0 Å². The van der Waals surface area contributed by atoms with Crippen LogP contribution >= 0.6 is 11.8 Å². The molecule has 5 nitrogen and oxygen atoms in total. The fraction of sp³-hybridized carbons (Fsp3) is 0.381. The van der Waals surface area contributed by atoms with Gasteiger partial charge in [-0.15, -0.1) is 10.2 Å². The number of nitrogens with one attached hydrogen (secondary N) is 1. The highest BCUT2D eigenvalue weighted by molar-refractivity contribution is 7.98. The van der Waals surface area contributed by atoms with Gasteiger partial charge in [0.2, 0.25) is 0 Å². The van der Waals surface area contributed by atoms with Crippen LogP contribution in [-0.2, 0) is 13.0 Å². The van der Waals surface area contributed by atoms with Gasteiger partial charge in [-0.25, -0.2) is 0 Å². The molecule has 0 atom stereocenters. The lowest BCUT2D eigenvalue weighted by molar-refractivity contribution is 0.0955. The van der Waals surface area contributed by atoms with Gasteiger partial charge in [0.05, 0.1) is 0 Å². The lowest BCUT2D eigenvalue weighted by atomic mass is 10.0. The predicted molar refractivity (Wildman–Crippen MR) is 111 cm³/mol. The number of benzene rings is 2. The molecule has 0 bridgehead atoms. The van der Waals surface area contributed by atoms with Gasteiger partial charge in [-0.05, 0) is 35.4 Å². The van der Waals surface area contributed by atoms with Crippen molar-refractivity contribution < 1.29 is 4.79 Å². The van der Waals surface area contributed by atoms with Crippen LogP contribution in [-0.4, -0.2) is 33.5 Å². The molecule has 0 fully saturated rings. The molecule has 3 aromatic rings. The molecule has 0 saturated carbocycles. The summed E-state index contributed by atoms with van der Waals surface area (Å²) in [7, 11) is 0. The first kappa shape index (κ1) is 19.4. The average molecular weight is 383 g/mol. The Morgan fingerprint density at radius 2 is 1.93 bits per heavy atom. The molecule has 0 aliphatic heterocycles. The van der Waals surface area contributed by atoms with Gasteiger partial charge < -0.3 is 9.88 Å². The van der Waals surface area contributed by atoms with Crippen LogP contribution in [0.1, 0.15) is 36.5 Å². The van der Waals surface area contributed by atoms with Gasteiger partial charge in [0.1, 0.15) is 5.82 Å². The molecule has 0 unspecified atom stereocenters. The summed E-state index contributed by atoms with van der Waals surface area (Å²) in [5.74, 6) is 1.50. The van der Waals surface area contributed by atoms with Crippen LogP contribution in [0.3, 0.4) is 0 Å². The van der Waals surface area contributed by atoms with E-state index in [1.807, 2.05) is 48.7 Å². The minimum atomic E-state index is -0.0275. The minimum Gasteiger partial charge on any atom is -0.352 e. The Morgan fingerprint density at radius 1 is 1.15 bits per heavy atom. The van der Waals surface area contributed by atoms with Crippen molar-refractivity contribution in [2.24, 2.45) is 5.92 Å². The number of hydrogen-bond acceptors (Lipinski definition) is 4. The van der Waals surface area contributed by atoms with E-state index in [2.05, 4.69) is 33.9 Å². The maximum Gasteiger partial charge on any atom is 0.251 e. The van der Waals surface area contributed by atoms with Crippen molar-refractivity contribution >= 4 is 28.4 Å². The van der Waals surface area contributed by atoms with Gasteiger partial charge in [-0.2, -0.15) is 0 Å². The van der Waals surface area contributed by atoms with Gasteiger partial charge in [0.25, 0.3) is 5.91 Å². The second-order valence-electron chi connectivity index (χ2n) is 6.99. The summed E-state index contributed by atoms with van der Waals surface area (Å²) < 4.78 is 2.20. The largest absolute Gasteiger partial charge is 0.352 e. The lowest BCUT2D eigenvalue weighted by Crippen LogP contribution is -2.25. The fourth-order valence-corrected chi connectivity index (χ4v) is 3.69. The summed E-state index contributed by atoms with van der Waals surface area (Å²) in [6, 6.07) is 13.8. The van der Waals surface area contributed by atoms with Crippen molar-refractivity contribution in [3.8, 4) is 0 Å². The number of rotatable bonds is 8. The number of aryl methyl sites for hydroxylation is 1. The van der Waals surface area contributed by atoms with Crippen molar-refractivity contribution in [2.45, 2.75) is 38.4 Å². The Kier molecular flexibility index (Phi) is 6.50. The molecule has 27 heavy (non-hydrogen) atoms. The summed E-state index contributed by atoms with van der Waals surface area (Å²) in [5, 5.41) is 14.7. The third-order valence-corrected chi connectivity index (χ3v) is 5.09. The SMILES string of the molecule is CSc1nnc(CCCNC(=O)c2cccc3ccccc23)n1CC(C)C. The standard InChI is InChI=1S/C21H26N4OS/c1-15(2)14-25-19(23-24-21(25)27-3)12-7-13-22-20(26)18-11-6-9-16-8-4-5-10-17(16)18/h4-6,8-11,15H,7,12-14H2,1-3H3,(H,22,26). The first-order chi connectivity index (χ1) is 13.1. The van der Waals surface area contributed by atoms with Crippen LogP contribution < -0.4 is 5.32 Å². The van der Waals surface area contributed by atoms with Crippen LogP contribution in [0.15, 0.2) is 47.6 Å². The minimum absolute atomic E-state index is 0.0275. The smallest absolute Gasteiger partial charge is 0.251 e. The van der Waals surface area contributed by atoms with Gasteiger partial charge >= 0.3 is 0 Å². The van der Waals surface area contributed by atoms with E-state index in [4.69, 9.17) is 0 Å². The molecule has 1 amide bonds. The summed E-state index contributed by atoms with van der Waals surface area (Å²) in [4.78, 5) is 12.6. The number of hydrogen-bond donors (Lipinski definition) is 1. The molecule has 142 valence electrons. The molecule has 0 aliphatic rings. The molecular formula is C21H26N4OS. The van der Waals surface area contributed by atoms with E-state index in [0.717, 1.165) is 46.7 Å². The van der Waals surface area contributed by atoms with E-state index < -0.39 is 0 Å². The highest BCUT2D eigenvalue weighted by Gasteiger charge is 2.13. The first-order valence-electron chi connectivity index (χ1n) is 9.32. The molecule has 2 aromatic carbocycles. The summed E-state index contributed by atoms with van der Waals surface area (Å²) in [6.07, 6.45) is 3.66. The fourth-order valence-electron chi connectivity index (χ4n) is 3.17. The van der Waals surface area contributed by atoms with E-state index in [1.165, 1.54) is 0 Å². The molecular weight excluding hydrogens is 356 g/mol. The predicted octanol–water partition coefficient (Wildman–Crippen LogP) is 4.17. The second kappa shape index (κ2) is 9.04. The van der Waals surface area contributed by atoms with Crippen molar-refractivity contribution in [3.05, 3.63) is 53.9 Å². The van der Waals surface area contributed by atoms with E-state index in [1.54, 1.807) is 11.8 Å². The Hall–Kier alpha value is -2.34. The zero-order chi connectivity index (χ0) is 19.2. The first-order valence-corrected chi connectivity index (χ1v) is 10.5. The number of nitrogens with zero attached hydrogens (tertiary/aromatic N) is 3. The maximum absolute atomic E-state index is 12.6. The van der Waals surface area contributed by atoms with E-state index in [9.17, 15) is 4.79 Å². The Bertz CT molecular complexity index is 914. The number of carbonyl (C=O) groups is 1. The van der Waals surface area contributed by atoms with Crippen molar-refractivity contribution in [2.75, 3.05) is 12.8 Å². The second-order valence-corrected chi connectivity index (χ2v) is 7.77. The normalized spacial score (nSPS) is 11.3. The zero-order valence-electron chi connectivity index (χ0n) is 16.1. The monoisotopic (exact) mass is 382 g/mol. The van der Waals surface area contributed by atoms with Gasteiger partial charge in [0, 0.05) is 25.1 Å². The molecule has 1 heterocycles.